The largest absolute Gasteiger partial charge is 0.381 e. The van der Waals surface area contributed by atoms with Crippen LogP contribution in [0.1, 0.15) is 37.3 Å². The maximum Gasteiger partial charge on any atom is 0.241 e. The highest BCUT2D eigenvalue weighted by molar-refractivity contribution is 14.0. The van der Waals surface area contributed by atoms with E-state index in [0.29, 0.717) is 25.2 Å². The molecule has 8 heteroatoms. The van der Waals surface area contributed by atoms with Crippen LogP contribution in [0.25, 0.3) is 0 Å². The summed E-state index contributed by atoms with van der Waals surface area (Å²) in [7, 11) is 3.49. The highest BCUT2D eigenvalue weighted by Gasteiger charge is 2.13. The number of ether oxygens (including phenoxy) is 2. The molecule has 1 amide bonds. The van der Waals surface area contributed by atoms with Crippen molar-refractivity contribution in [3.05, 3.63) is 35.4 Å². The van der Waals surface area contributed by atoms with E-state index < -0.39 is 0 Å². The van der Waals surface area contributed by atoms with E-state index >= 15 is 0 Å². The lowest BCUT2D eigenvalue weighted by molar-refractivity contribution is -0.127. The molecule has 29 heavy (non-hydrogen) atoms. The van der Waals surface area contributed by atoms with Gasteiger partial charge in [0.25, 0.3) is 0 Å². The quantitative estimate of drug-likeness (QED) is 0.299. The van der Waals surface area contributed by atoms with Crippen LogP contribution in [0.4, 0.5) is 0 Å². The van der Waals surface area contributed by atoms with Crippen molar-refractivity contribution in [1.82, 2.24) is 15.5 Å². The Balaban J connectivity index is 0.00000420. The predicted molar refractivity (Wildman–Crippen MR) is 127 cm³/mol. The Morgan fingerprint density at radius 1 is 1.17 bits per heavy atom. The number of halogens is 1. The number of likely N-dealkylation sites (N-methyl/N-ethyl adjacent to an activating group) is 1. The Morgan fingerprint density at radius 2 is 1.83 bits per heavy atom. The Bertz CT molecular complexity index is 617. The maximum atomic E-state index is 11.8. The number of carbonyl (C=O) groups excluding carboxylic acids is 1. The summed E-state index contributed by atoms with van der Waals surface area (Å²) in [6.45, 7) is 5.91. The van der Waals surface area contributed by atoms with Crippen molar-refractivity contribution in [2.75, 3.05) is 40.4 Å². The van der Waals surface area contributed by atoms with Crippen molar-refractivity contribution >= 4 is 35.8 Å². The van der Waals surface area contributed by atoms with Crippen LogP contribution in [-0.4, -0.2) is 63.3 Å². The average Bonchev–Trinajstić information content (AvgIpc) is 2.73. The van der Waals surface area contributed by atoms with Crippen LogP contribution >= 0.6 is 24.0 Å². The number of nitrogens with one attached hydrogen (secondary N) is 2. The smallest absolute Gasteiger partial charge is 0.241 e. The van der Waals surface area contributed by atoms with Crippen LogP contribution in [0.15, 0.2) is 29.3 Å². The molecule has 2 rings (SSSR count). The Kier molecular flexibility index (Phi) is 12.9. The summed E-state index contributed by atoms with van der Waals surface area (Å²) in [6, 6.07) is 8.34. The molecule has 0 saturated carbocycles. The second-order valence-electron chi connectivity index (χ2n) is 7.17. The fraction of sp³-hybridized carbons (Fsp3) is 0.619. The van der Waals surface area contributed by atoms with Crippen LogP contribution in [-0.2, 0) is 27.4 Å². The predicted octanol–water partition coefficient (Wildman–Crippen LogP) is 2.53. The summed E-state index contributed by atoms with van der Waals surface area (Å²) < 4.78 is 11.3. The minimum absolute atomic E-state index is 0. The molecule has 1 fully saturated rings. The molecule has 1 heterocycles. The van der Waals surface area contributed by atoms with Crippen LogP contribution in [0.2, 0.25) is 0 Å². The SMILES string of the molecule is CCCNC(=NCc1ccc(COC2CCOCC2)cc1)NCC(=O)N(C)C.I. The third-order valence-corrected chi connectivity index (χ3v) is 4.55. The fourth-order valence-corrected chi connectivity index (χ4v) is 2.70. The fourth-order valence-electron chi connectivity index (χ4n) is 2.70. The summed E-state index contributed by atoms with van der Waals surface area (Å²) in [5.41, 5.74) is 2.28. The van der Waals surface area contributed by atoms with Crippen molar-refractivity contribution in [1.29, 1.82) is 0 Å². The third-order valence-electron chi connectivity index (χ3n) is 4.55. The molecule has 0 spiro atoms. The van der Waals surface area contributed by atoms with Crippen molar-refractivity contribution < 1.29 is 14.3 Å². The molecule has 1 saturated heterocycles. The van der Waals surface area contributed by atoms with E-state index in [-0.39, 0.29) is 36.4 Å². The Hall–Kier alpha value is -1.39. The van der Waals surface area contributed by atoms with Gasteiger partial charge in [-0.1, -0.05) is 31.2 Å². The van der Waals surface area contributed by atoms with E-state index in [2.05, 4.69) is 46.8 Å². The number of aliphatic imine (C=N–C) groups is 1. The molecule has 1 aliphatic heterocycles. The average molecular weight is 518 g/mol. The van der Waals surface area contributed by atoms with E-state index in [1.54, 1.807) is 19.0 Å². The van der Waals surface area contributed by atoms with Gasteiger partial charge in [0.2, 0.25) is 5.91 Å². The first-order valence-corrected chi connectivity index (χ1v) is 10.1. The molecule has 0 unspecified atom stereocenters. The van der Waals surface area contributed by atoms with Gasteiger partial charge in [-0.2, -0.15) is 0 Å². The van der Waals surface area contributed by atoms with Crippen molar-refractivity contribution in [2.24, 2.45) is 4.99 Å². The summed E-state index contributed by atoms with van der Waals surface area (Å²) >= 11 is 0. The summed E-state index contributed by atoms with van der Waals surface area (Å²) in [5.74, 6) is 0.670. The Labute approximate surface area is 191 Å². The molecule has 1 aromatic carbocycles. The molecule has 1 aliphatic rings. The summed E-state index contributed by atoms with van der Waals surface area (Å²) in [6.07, 6.45) is 3.25. The number of carbonyl (C=O) groups is 1. The lowest BCUT2D eigenvalue weighted by Gasteiger charge is -2.22. The van der Waals surface area contributed by atoms with Gasteiger partial charge in [0.15, 0.2) is 5.96 Å². The third kappa shape index (κ3) is 10.3. The molecule has 0 aromatic heterocycles. The number of amides is 1. The lowest BCUT2D eigenvalue weighted by Crippen LogP contribution is -2.43. The van der Waals surface area contributed by atoms with Gasteiger partial charge in [0, 0.05) is 33.9 Å². The molecule has 0 aliphatic carbocycles. The van der Waals surface area contributed by atoms with Gasteiger partial charge in [-0.05, 0) is 30.4 Å². The van der Waals surface area contributed by atoms with Gasteiger partial charge in [-0.3, -0.25) is 4.79 Å². The first-order chi connectivity index (χ1) is 13.6. The van der Waals surface area contributed by atoms with Crippen molar-refractivity contribution in [2.45, 2.75) is 45.4 Å². The number of nitrogens with zero attached hydrogens (tertiary/aromatic N) is 2. The van der Waals surface area contributed by atoms with Gasteiger partial charge >= 0.3 is 0 Å². The first kappa shape index (κ1) is 25.6. The van der Waals surface area contributed by atoms with Crippen LogP contribution in [0.3, 0.4) is 0 Å². The minimum atomic E-state index is 0. The summed E-state index contributed by atoms with van der Waals surface area (Å²) in [5, 5.41) is 6.33. The van der Waals surface area contributed by atoms with E-state index in [4.69, 9.17) is 9.47 Å². The number of guanidine groups is 1. The Morgan fingerprint density at radius 3 is 2.45 bits per heavy atom. The number of rotatable bonds is 9. The van der Waals surface area contributed by atoms with Gasteiger partial charge in [0.1, 0.15) is 0 Å². The van der Waals surface area contributed by atoms with Gasteiger partial charge in [0.05, 0.1) is 25.8 Å². The lowest BCUT2D eigenvalue weighted by atomic mass is 10.1. The molecule has 1 aromatic rings. The molecular weight excluding hydrogens is 483 g/mol. The molecule has 0 atom stereocenters. The zero-order valence-electron chi connectivity index (χ0n) is 17.8. The standard InChI is InChI=1S/C21H34N4O3.HI/c1-4-11-22-21(24-15-20(26)25(2)3)23-14-17-5-7-18(8-6-17)16-28-19-9-12-27-13-10-19;/h5-8,19H,4,9-16H2,1-3H3,(H2,22,23,24);1H. The van der Waals surface area contributed by atoms with E-state index in [0.717, 1.165) is 44.6 Å². The van der Waals surface area contributed by atoms with E-state index in [1.165, 1.54) is 5.56 Å². The zero-order chi connectivity index (χ0) is 20.2. The highest BCUT2D eigenvalue weighted by atomic mass is 127. The molecule has 7 nitrogen and oxygen atoms in total. The van der Waals surface area contributed by atoms with Gasteiger partial charge in [-0.25, -0.2) is 4.99 Å². The number of benzene rings is 1. The topological polar surface area (TPSA) is 75.2 Å². The molecule has 164 valence electrons. The maximum absolute atomic E-state index is 11.8. The normalized spacial score (nSPS) is 14.8. The van der Waals surface area contributed by atoms with E-state index in [1.807, 2.05) is 0 Å². The minimum Gasteiger partial charge on any atom is -0.381 e. The highest BCUT2D eigenvalue weighted by Crippen LogP contribution is 2.14. The van der Waals surface area contributed by atoms with Gasteiger partial charge in [-0.15, -0.1) is 24.0 Å². The molecule has 2 N–H and O–H groups in total. The molecule has 0 radical (unpaired) electrons. The number of hydrogen-bond donors (Lipinski definition) is 2. The van der Waals surface area contributed by atoms with Gasteiger partial charge < -0.3 is 25.0 Å². The second-order valence-corrected chi connectivity index (χ2v) is 7.17. The molecule has 0 bridgehead atoms. The monoisotopic (exact) mass is 518 g/mol. The number of hydrogen-bond acceptors (Lipinski definition) is 4. The summed E-state index contributed by atoms with van der Waals surface area (Å²) in [4.78, 5) is 17.9. The van der Waals surface area contributed by atoms with Crippen molar-refractivity contribution in [3.8, 4) is 0 Å². The van der Waals surface area contributed by atoms with Crippen molar-refractivity contribution in [3.63, 3.8) is 0 Å². The molecular formula is C21H35IN4O3. The van der Waals surface area contributed by atoms with Crippen LogP contribution in [0.5, 0.6) is 0 Å². The van der Waals surface area contributed by atoms with Crippen LogP contribution in [0, 0.1) is 0 Å². The first-order valence-electron chi connectivity index (χ1n) is 10.1. The van der Waals surface area contributed by atoms with E-state index in [9.17, 15) is 4.79 Å². The zero-order valence-corrected chi connectivity index (χ0v) is 20.1. The van der Waals surface area contributed by atoms with Crippen LogP contribution < -0.4 is 10.6 Å². The second kappa shape index (κ2) is 14.6.